The van der Waals surface area contributed by atoms with Crippen molar-refractivity contribution in [3.05, 3.63) is 0 Å². The van der Waals surface area contributed by atoms with Gasteiger partial charge < -0.3 is 0 Å². The summed E-state index contributed by atoms with van der Waals surface area (Å²) in [4.78, 5) is 0. The zero-order valence-corrected chi connectivity index (χ0v) is 10.9. The van der Waals surface area contributed by atoms with Crippen LogP contribution in [0.1, 0.15) is 59.3 Å². The Balaban J connectivity index is 3.37. The Morgan fingerprint density at radius 2 is 2.00 bits per heavy atom. The molecule has 2 atom stereocenters. The van der Waals surface area contributed by atoms with Crippen LogP contribution in [0.5, 0.6) is 0 Å². The molecule has 0 aliphatic heterocycles. The van der Waals surface area contributed by atoms with E-state index < -0.39 is 0 Å². The topological polar surface area (TPSA) is 12.0 Å². The summed E-state index contributed by atoms with van der Waals surface area (Å²) in [7, 11) is 2.34. The monoisotopic (exact) mass is 215 g/mol. The van der Waals surface area contributed by atoms with Crippen molar-refractivity contribution in [1.82, 2.24) is 5.54 Å². The van der Waals surface area contributed by atoms with E-state index in [1.807, 2.05) is 0 Å². The molecule has 1 nitrogen and oxygen atoms in total. The lowest BCUT2D eigenvalue weighted by Gasteiger charge is -2.22. The summed E-state index contributed by atoms with van der Waals surface area (Å²) >= 11 is 0. The van der Waals surface area contributed by atoms with Crippen molar-refractivity contribution >= 4 is 7.85 Å². The van der Waals surface area contributed by atoms with Gasteiger partial charge in [-0.3, -0.25) is 0 Å². The van der Waals surface area contributed by atoms with Gasteiger partial charge in [-0.2, -0.15) is 5.54 Å². The summed E-state index contributed by atoms with van der Waals surface area (Å²) < 4.78 is 11.7. The molecule has 90 valence electrons. The molecule has 0 radical (unpaired) electrons. The van der Waals surface area contributed by atoms with Crippen LogP contribution in [0.25, 0.3) is 0 Å². The second kappa shape index (κ2) is 8.15. The molecule has 15 heavy (non-hydrogen) atoms. The van der Waals surface area contributed by atoms with E-state index in [9.17, 15) is 4.48 Å². The molecule has 0 bridgehead atoms. The van der Waals surface area contributed by atoms with Crippen LogP contribution in [0, 0.1) is 5.92 Å². The molecule has 0 aromatic rings. The van der Waals surface area contributed by atoms with Crippen LogP contribution in [0.4, 0.5) is 4.48 Å². The smallest absolute Gasteiger partial charge is 0.109 e. The lowest BCUT2D eigenvalue weighted by atomic mass is 9.65. The fourth-order valence-electron chi connectivity index (χ4n) is 1.72. The van der Waals surface area contributed by atoms with Crippen LogP contribution in [0.3, 0.4) is 0 Å². The van der Waals surface area contributed by atoms with Crippen molar-refractivity contribution in [1.29, 1.82) is 0 Å². The van der Waals surface area contributed by atoms with Crippen molar-refractivity contribution in [2.45, 2.75) is 64.6 Å². The summed E-state index contributed by atoms with van der Waals surface area (Å²) in [6.45, 7) is 7.31. The fourth-order valence-corrected chi connectivity index (χ4v) is 1.72. The molecule has 3 heteroatoms. The maximum Gasteiger partial charge on any atom is 0.109 e. The summed E-state index contributed by atoms with van der Waals surface area (Å²) in [5.74, 6) is 0.651. The second-order valence-corrected chi connectivity index (χ2v) is 5.54. The predicted octanol–water partition coefficient (Wildman–Crippen LogP) is 3.27. The van der Waals surface area contributed by atoms with Crippen molar-refractivity contribution in [3.8, 4) is 0 Å². The number of halogens is 1. The first-order valence-corrected chi connectivity index (χ1v) is 6.35. The number of nitrogens with one attached hydrogen (secondary N) is 1. The van der Waals surface area contributed by atoms with Crippen LogP contribution < -0.4 is 5.54 Å². The standard InChI is InChI=1S/C12H27BFN/c1-4-12(3,13)9-6-5-7-11(2)8-10-15-14/h11,15H,4-10,13H2,1-3H3. The average Bonchev–Trinajstić information content (AvgIpc) is 2.21. The first-order chi connectivity index (χ1) is 7.02. The highest BCUT2D eigenvalue weighted by Gasteiger charge is 2.14. The van der Waals surface area contributed by atoms with Gasteiger partial charge in [-0.15, -0.1) is 4.48 Å². The Morgan fingerprint density at radius 1 is 1.33 bits per heavy atom. The molecule has 0 aliphatic rings. The second-order valence-electron chi connectivity index (χ2n) is 5.54. The quantitative estimate of drug-likeness (QED) is 0.353. The van der Waals surface area contributed by atoms with E-state index in [4.69, 9.17) is 0 Å². The van der Waals surface area contributed by atoms with Gasteiger partial charge in [0.05, 0.1) is 0 Å². The van der Waals surface area contributed by atoms with Gasteiger partial charge >= 0.3 is 0 Å². The largest absolute Gasteiger partial charge is 0.159 e. The van der Waals surface area contributed by atoms with E-state index >= 15 is 0 Å². The first kappa shape index (κ1) is 15.0. The van der Waals surface area contributed by atoms with Gasteiger partial charge in [0.1, 0.15) is 7.85 Å². The third-order valence-corrected chi connectivity index (χ3v) is 3.49. The van der Waals surface area contributed by atoms with Gasteiger partial charge in [-0.1, -0.05) is 58.2 Å². The first-order valence-electron chi connectivity index (χ1n) is 6.35. The van der Waals surface area contributed by atoms with Crippen LogP contribution in [-0.4, -0.2) is 14.4 Å². The van der Waals surface area contributed by atoms with Gasteiger partial charge in [0.2, 0.25) is 0 Å². The van der Waals surface area contributed by atoms with E-state index in [2.05, 4.69) is 28.6 Å². The van der Waals surface area contributed by atoms with Gasteiger partial charge in [-0.05, 0) is 12.3 Å². The summed E-state index contributed by atoms with van der Waals surface area (Å²) in [6, 6.07) is 0. The van der Waals surface area contributed by atoms with E-state index in [1.54, 1.807) is 5.54 Å². The van der Waals surface area contributed by atoms with E-state index in [1.165, 1.54) is 32.1 Å². The predicted molar refractivity (Wildman–Crippen MR) is 68.6 cm³/mol. The Morgan fingerprint density at radius 3 is 2.53 bits per heavy atom. The number of hydrogen-bond donors (Lipinski definition) is 1. The zero-order chi connectivity index (χ0) is 11.7. The molecule has 0 amide bonds. The van der Waals surface area contributed by atoms with E-state index in [-0.39, 0.29) is 0 Å². The SMILES string of the molecule is BC(C)(CC)CCCCC(C)CCNF. The van der Waals surface area contributed by atoms with Crippen LogP contribution in [0.15, 0.2) is 0 Å². The highest BCUT2D eigenvalue weighted by Crippen LogP contribution is 2.32. The Kier molecular flexibility index (Phi) is 8.12. The van der Waals surface area contributed by atoms with Crippen LogP contribution in [0.2, 0.25) is 5.31 Å². The molecule has 1 N–H and O–H groups in total. The number of hydrogen-bond acceptors (Lipinski definition) is 1. The highest BCUT2D eigenvalue weighted by molar-refractivity contribution is 6.14. The lowest BCUT2D eigenvalue weighted by molar-refractivity contribution is 0.308. The van der Waals surface area contributed by atoms with Crippen molar-refractivity contribution in [2.75, 3.05) is 6.54 Å². The lowest BCUT2D eigenvalue weighted by Crippen LogP contribution is -2.09. The van der Waals surface area contributed by atoms with Gasteiger partial charge in [0, 0.05) is 6.54 Å². The average molecular weight is 215 g/mol. The minimum atomic E-state index is 0.502. The van der Waals surface area contributed by atoms with E-state index in [0.717, 1.165) is 6.42 Å². The van der Waals surface area contributed by atoms with Crippen molar-refractivity contribution in [2.24, 2.45) is 5.92 Å². The molecule has 2 unspecified atom stereocenters. The molecular weight excluding hydrogens is 188 g/mol. The maximum absolute atomic E-state index is 11.7. The van der Waals surface area contributed by atoms with E-state index in [0.29, 0.717) is 17.8 Å². The van der Waals surface area contributed by atoms with Crippen LogP contribution in [-0.2, 0) is 0 Å². The number of rotatable bonds is 9. The Bertz CT molecular complexity index is 151. The summed E-state index contributed by atoms with van der Waals surface area (Å²) in [5, 5.41) is 0.504. The molecule has 0 fully saturated rings. The number of unbranched alkanes of at least 4 members (excludes halogenated alkanes) is 1. The minimum absolute atomic E-state index is 0.502. The maximum atomic E-state index is 11.7. The molecule has 0 aromatic heterocycles. The van der Waals surface area contributed by atoms with Crippen molar-refractivity contribution < 1.29 is 4.48 Å². The minimum Gasteiger partial charge on any atom is -0.159 e. The highest BCUT2D eigenvalue weighted by atomic mass is 19.2. The van der Waals surface area contributed by atoms with Crippen molar-refractivity contribution in [3.63, 3.8) is 0 Å². The van der Waals surface area contributed by atoms with Gasteiger partial charge in [0.25, 0.3) is 0 Å². The third kappa shape index (κ3) is 8.92. The molecule has 0 spiro atoms. The summed E-state index contributed by atoms with van der Waals surface area (Å²) in [5.41, 5.74) is 1.72. The summed E-state index contributed by atoms with van der Waals surface area (Å²) in [6.07, 6.45) is 7.37. The molecule has 0 aromatic carbocycles. The zero-order valence-electron chi connectivity index (χ0n) is 10.9. The third-order valence-electron chi connectivity index (χ3n) is 3.49. The Labute approximate surface area is 95.6 Å². The van der Waals surface area contributed by atoms with Gasteiger partial charge in [0.15, 0.2) is 0 Å². The Hall–Kier alpha value is -0.0451. The molecule has 0 heterocycles. The van der Waals surface area contributed by atoms with Crippen LogP contribution >= 0.6 is 0 Å². The molecular formula is C12H27BFN. The molecule has 0 saturated heterocycles. The van der Waals surface area contributed by atoms with Gasteiger partial charge in [-0.25, -0.2) is 0 Å². The molecule has 0 rings (SSSR count). The fraction of sp³-hybridized carbons (Fsp3) is 1.00. The normalized spacial score (nSPS) is 17.3. The molecule has 0 saturated carbocycles. The molecule has 0 aliphatic carbocycles.